The number of anilines is 1. The first-order valence-corrected chi connectivity index (χ1v) is 11.4. The van der Waals surface area contributed by atoms with Crippen LogP contribution >= 0.6 is 0 Å². The average molecular weight is 514 g/mol. The number of hydrogen-bond donors (Lipinski definition) is 6. The standard InChI is InChI=1S/C25H27N3O9/c1-5-11(29)37-21-12-8(2)9-6-7-10(26)18(30)13(9)19(31)14(12)22(33)25(36)16(21)17(28(3)4)20(32)15(23(25)34)24(27)35/h6-7,12,16-17,21,30,32-33,36H,2,5,26H2,1,3-4H3,(H2,27,35)/t12-,16+,17-,21+,25+/m0/s1. The van der Waals surface area contributed by atoms with E-state index < -0.39 is 81.4 Å². The summed E-state index contributed by atoms with van der Waals surface area (Å²) in [6, 6.07) is 1.40. The first-order valence-electron chi connectivity index (χ1n) is 11.4. The number of ketones is 2. The molecule has 0 saturated heterocycles. The number of amides is 1. The van der Waals surface area contributed by atoms with Crippen molar-refractivity contribution in [2.45, 2.75) is 31.1 Å². The summed E-state index contributed by atoms with van der Waals surface area (Å²) in [5.74, 6) is -10.0. The van der Waals surface area contributed by atoms with Crippen molar-refractivity contribution < 1.29 is 44.3 Å². The summed E-state index contributed by atoms with van der Waals surface area (Å²) in [7, 11) is 2.92. The highest BCUT2D eigenvalue weighted by Gasteiger charge is 2.68. The summed E-state index contributed by atoms with van der Waals surface area (Å²) >= 11 is 0. The number of aliphatic hydroxyl groups excluding tert-OH is 2. The molecule has 0 fully saturated rings. The average Bonchev–Trinajstić information content (AvgIpc) is 2.82. The number of phenols is 1. The monoisotopic (exact) mass is 513 g/mol. The number of carbonyl (C=O) groups is 4. The van der Waals surface area contributed by atoms with Crippen LogP contribution in [-0.4, -0.2) is 80.6 Å². The van der Waals surface area contributed by atoms with Crippen LogP contribution in [0.2, 0.25) is 0 Å². The molecule has 1 amide bonds. The Morgan fingerprint density at radius 3 is 2.35 bits per heavy atom. The van der Waals surface area contributed by atoms with Gasteiger partial charge in [-0.25, -0.2) is 0 Å². The van der Waals surface area contributed by atoms with E-state index in [2.05, 4.69) is 6.58 Å². The molecule has 12 nitrogen and oxygen atoms in total. The SMILES string of the molecule is C=C1c2ccc(N)c(O)c2C(=O)C2=C(O)[C@@]3(O)C(=O)C(C(N)=O)=C(O)[C@@H](N(C)C)[C@@H]3[C@H](OC(=O)CC)[C@@H]12. The minimum absolute atomic E-state index is 0.122. The first-order chi connectivity index (χ1) is 17.2. The summed E-state index contributed by atoms with van der Waals surface area (Å²) in [5, 5.41) is 44.8. The normalized spacial score (nSPS) is 29.2. The van der Waals surface area contributed by atoms with Crippen LogP contribution in [0.15, 0.2) is 41.4 Å². The van der Waals surface area contributed by atoms with Gasteiger partial charge in [0.2, 0.25) is 5.78 Å². The van der Waals surface area contributed by atoms with E-state index in [0.29, 0.717) is 0 Å². The molecular formula is C25H27N3O9. The number of nitrogen functional groups attached to an aromatic ring is 1. The van der Waals surface area contributed by atoms with Crippen LogP contribution in [0.3, 0.4) is 0 Å². The minimum Gasteiger partial charge on any atom is -0.510 e. The lowest BCUT2D eigenvalue weighted by Gasteiger charge is -2.53. The largest absolute Gasteiger partial charge is 0.510 e. The van der Waals surface area contributed by atoms with Gasteiger partial charge in [-0.3, -0.25) is 24.1 Å². The molecule has 0 bridgehead atoms. The Morgan fingerprint density at radius 1 is 1.19 bits per heavy atom. The van der Waals surface area contributed by atoms with Gasteiger partial charge in [-0.15, -0.1) is 0 Å². The topological polar surface area (TPSA) is 214 Å². The summed E-state index contributed by atoms with van der Waals surface area (Å²) < 4.78 is 5.68. The number of nitrogens with zero attached hydrogens (tertiary/aromatic N) is 1. The van der Waals surface area contributed by atoms with Gasteiger partial charge in [0.25, 0.3) is 5.91 Å². The molecule has 1 aromatic rings. The van der Waals surface area contributed by atoms with Crippen LogP contribution in [0.4, 0.5) is 5.69 Å². The van der Waals surface area contributed by atoms with Gasteiger partial charge in [0.1, 0.15) is 28.9 Å². The molecular weight excluding hydrogens is 486 g/mol. The lowest BCUT2D eigenvalue weighted by molar-refractivity contribution is -0.177. The second kappa shape index (κ2) is 8.46. The maximum absolute atomic E-state index is 13.7. The molecule has 0 spiro atoms. The lowest BCUT2D eigenvalue weighted by Crippen LogP contribution is -2.68. The molecule has 3 aliphatic carbocycles. The number of aromatic hydroxyl groups is 1. The highest BCUT2D eigenvalue weighted by molar-refractivity contribution is 6.25. The van der Waals surface area contributed by atoms with Crippen LogP contribution in [0.1, 0.15) is 29.3 Å². The lowest BCUT2D eigenvalue weighted by atomic mass is 9.56. The fourth-order valence-electron chi connectivity index (χ4n) is 5.62. The number of phenolic OH excluding ortho intramolecular Hbond substituents is 1. The molecule has 8 N–H and O–H groups in total. The van der Waals surface area contributed by atoms with E-state index in [9.17, 15) is 39.6 Å². The highest BCUT2D eigenvalue weighted by atomic mass is 16.5. The fraction of sp³-hybridized carbons (Fsp3) is 0.360. The van der Waals surface area contributed by atoms with Crippen LogP contribution in [0.25, 0.3) is 5.57 Å². The molecule has 0 aliphatic heterocycles. The number of aliphatic hydroxyl groups is 3. The number of esters is 1. The fourth-order valence-corrected chi connectivity index (χ4v) is 5.62. The number of likely N-dealkylation sites (N-methyl/N-ethyl adjacent to an activating group) is 1. The second-order valence-corrected chi connectivity index (χ2v) is 9.48. The molecule has 5 atom stereocenters. The van der Waals surface area contributed by atoms with E-state index in [-0.39, 0.29) is 28.8 Å². The van der Waals surface area contributed by atoms with Crippen molar-refractivity contribution in [2.24, 2.45) is 17.6 Å². The molecule has 4 rings (SSSR count). The number of ether oxygens (including phenoxy) is 1. The van der Waals surface area contributed by atoms with E-state index in [1.807, 2.05) is 0 Å². The summed E-state index contributed by atoms with van der Waals surface area (Å²) in [6.45, 7) is 5.51. The van der Waals surface area contributed by atoms with Crippen molar-refractivity contribution in [3.05, 3.63) is 52.5 Å². The number of rotatable bonds is 4. The molecule has 0 saturated carbocycles. The maximum Gasteiger partial charge on any atom is 0.305 e. The Morgan fingerprint density at radius 2 is 1.81 bits per heavy atom. The number of primary amides is 1. The number of Topliss-reactive ketones (excluding diaryl/α,β-unsaturated/α-hetero) is 2. The van der Waals surface area contributed by atoms with Crippen molar-refractivity contribution in [3.8, 4) is 5.75 Å². The number of carbonyl (C=O) groups excluding carboxylic acids is 4. The van der Waals surface area contributed by atoms with Gasteiger partial charge in [0.05, 0.1) is 34.7 Å². The third-order valence-corrected chi connectivity index (χ3v) is 7.30. The van der Waals surface area contributed by atoms with E-state index in [0.717, 1.165) is 0 Å². The van der Waals surface area contributed by atoms with Gasteiger partial charge in [-0.2, -0.15) is 0 Å². The van der Waals surface area contributed by atoms with Crippen LogP contribution in [0.5, 0.6) is 5.75 Å². The molecule has 0 heterocycles. The highest BCUT2D eigenvalue weighted by Crippen LogP contribution is 2.56. The predicted molar refractivity (Wildman–Crippen MR) is 129 cm³/mol. The molecule has 12 heteroatoms. The number of hydrogen-bond acceptors (Lipinski definition) is 11. The smallest absolute Gasteiger partial charge is 0.305 e. The van der Waals surface area contributed by atoms with Crippen LogP contribution < -0.4 is 11.5 Å². The Balaban J connectivity index is 2.13. The zero-order valence-corrected chi connectivity index (χ0v) is 20.3. The van der Waals surface area contributed by atoms with Crippen LogP contribution in [0, 0.1) is 11.8 Å². The number of nitrogens with two attached hydrogens (primary N) is 2. The Kier molecular flexibility index (Phi) is 5.92. The Bertz CT molecular complexity index is 1360. The first kappa shape index (κ1) is 25.9. The molecule has 0 aromatic heterocycles. The van der Waals surface area contributed by atoms with Gasteiger partial charge in [-0.1, -0.05) is 19.6 Å². The van der Waals surface area contributed by atoms with Gasteiger partial charge < -0.3 is 36.6 Å². The van der Waals surface area contributed by atoms with E-state index in [4.69, 9.17) is 16.2 Å². The van der Waals surface area contributed by atoms with Crippen molar-refractivity contribution in [1.82, 2.24) is 4.90 Å². The van der Waals surface area contributed by atoms with Crippen molar-refractivity contribution >= 4 is 34.7 Å². The van der Waals surface area contributed by atoms with Crippen molar-refractivity contribution in [1.29, 1.82) is 0 Å². The van der Waals surface area contributed by atoms with E-state index in [1.165, 1.54) is 38.1 Å². The van der Waals surface area contributed by atoms with Gasteiger partial charge in [-0.05, 0) is 31.3 Å². The predicted octanol–water partition coefficient (Wildman–Crippen LogP) is 0.105. The molecule has 37 heavy (non-hydrogen) atoms. The quantitative estimate of drug-likeness (QED) is 0.137. The van der Waals surface area contributed by atoms with Gasteiger partial charge >= 0.3 is 5.97 Å². The molecule has 0 unspecified atom stereocenters. The summed E-state index contributed by atoms with van der Waals surface area (Å²) in [4.78, 5) is 53.3. The zero-order chi connectivity index (χ0) is 27.7. The van der Waals surface area contributed by atoms with E-state index >= 15 is 0 Å². The van der Waals surface area contributed by atoms with Crippen LogP contribution in [-0.2, 0) is 19.1 Å². The number of fused-ring (bicyclic) bond motifs is 3. The van der Waals surface area contributed by atoms with Gasteiger partial charge in [0, 0.05) is 6.42 Å². The van der Waals surface area contributed by atoms with Crippen molar-refractivity contribution in [2.75, 3.05) is 19.8 Å². The Hall–Kier alpha value is -4.16. The summed E-state index contributed by atoms with van der Waals surface area (Å²) in [5.41, 5.74) is 6.35. The van der Waals surface area contributed by atoms with Gasteiger partial charge in [0.15, 0.2) is 11.4 Å². The maximum atomic E-state index is 13.7. The van der Waals surface area contributed by atoms with Crippen molar-refractivity contribution in [3.63, 3.8) is 0 Å². The summed E-state index contributed by atoms with van der Waals surface area (Å²) in [6.07, 6.45) is -1.65. The molecule has 0 radical (unpaired) electrons. The molecule has 196 valence electrons. The zero-order valence-electron chi connectivity index (χ0n) is 20.3. The molecule has 1 aromatic carbocycles. The second-order valence-electron chi connectivity index (χ2n) is 9.48. The minimum atomic E-state index is -3.01. The molecule has 3 aliphatic rings. The Labute approximate surface area is 211 Å². The third-order valence-electron chi connectivity index (χ3n) is 7.30. The third kappa shape index (κ3) is 3.29. The van der Waals surface area contributed by atoms with E-state index in [1.54, 1.807) is 0 Å². The number of benzene rings is 1.